The average Bonchev–Trinajstić information content (AvgIpc) is 2.54. The summed E-state index contributed by atoms with van der Waals surface area (Å²) in [6.45, 7) is 1.71. The number of nitriles is 1. The molecular formula is C16H15N4O2+. The highest BCUT2D eigenvalue weighted by molar-refractivity contribution is 5.93. The molecule has 0 fully saturated rings. The molecule has 1 aromatic heterocycles. The molecule has 0 aliphatic rings. The van der Waals surface area contributed by atoms with E-state index in [0.29, 0.717) is 16.8 Å². The molecular weight excluding hydrogens is 280 g/mol. The van der Waals surface area contributed by atoms with Crippen LogP contribution >= 0.6 is 0 Å². The van der Waals surface area contributed by atoms with Crippen molar-refractivity contribution in [2.45, 2.75) is 13.0 Å². The molecule has 0 saturated carbocycles. The number of amides is 2. The van der Waals surface area contributed by atoms with Gasteiger partial charge in [-0.15, -0.1) is 0 Å². The topological polar surface area (TPSA) is 99.9 Å². The molecule has 2 amide bonds. The van der Waals surface area contributed by atoms with Gasteiger partial charge in [0.25, 0.3) is 11.8 Å². The molecule has 3 N–H and O–H groups in total. The normalized spacial score (nSPS) is 11.3. The van der Waals surface area contributed by atoms with Crippen LogP contribution in [0.4, 0.5) is 5.69 Å². The van der Waals surface area contributed by atoms with Crippen molar-refractivity contribution < 1.29 is 14.2 Å². The maximum absolute atomic E-state index is 12.2. The maximum Gasteiger partial charge on any atom is 0.293 e. The van der Waals surface area contributed by atoms with E-state index < -0.39 is 11.9 Å². The molecule has 1 atom stereocenters. The summed E-state index contributed by atoms with van der Waals surface area (Å²) in [5.41, 5.74) is 6.69. The van der Waals surface area contributed by atoms with Crippen LogP contribution in [-0.4, -0.2) is 11.8 Å². The van der Waals surface area contributed by atoms with Crippen LogP contribution in [0.5, 0.6) is 0 Å². The van der Waals surface area contributed by atoms with E-state index >= 15 is 0 Å². The van der Waals surface area contributed by atoms with Crippen molar-refractivity contribution in [3.8, 4) is 6.07 Å². The zero-order chi connectivity index (χ0) is 16.1. The third-order valence-corrected chi connectivity index (χ3v) is 3.21. The van der Waals surface area contributed by atoms with Crippen molar-refractivity contribution in [3.63, 3.8) is 0 Å². The minimum Gasteiger partial charge on any atom is -0.365 e. The summed E-state index contributed by atoms with van der Waals surface area (Å²) in [7, 11) is 0. The van der Waals surface area contributed by atoms with E-state index in [0.717, 1.165) is 0 Å². The molecule has 0 aliphatic carbocycles. The van der Waals surface area contributed by atoms with Gasteiger partial charge < -0.3 is 11.1 Å². The lowest BCUT2D eigenvalue weighted by Gasteiger charge is -2.09. The van der Waals surface area contributed by atoms with E-state index in [4.69, 9.17) is 11.0 Å². The van der Waals surface area contributed by atoms with Crippen LogP contribution in [0, 0.1) is 11.3 Å². The molecule has 6 nitrogen and oxygen atoms in total. The molecule has 0 saturated heterocycles. The Morgan fingerprint density at radius 3 is 2.55 bits per heavy atom. The predicted molar refractivity (Wildman–Crippen MR) is 79.7 cm³/mol. The number of carbonyl (C=O) groups excluding carboxylic acids is 2. The Bertz CT molecular complexity index is 747. The van der Waals surface area contributed by atoms with Gasteiger partial charge in [-0.3, -0.25) is 9.59 Å². The van der Waals surface area contributed by atoms with Gasteiger partial charge >= 0.3 is 0 Å². The lowest BCUT2D eigenvalue weighted by atomic mass is 10.2. The van der Waals surface area contributed by atoms with Crippen LogP contribution in [0.1, 0.15) is 28.9 Å². The molecule has 1 heterocycles. The Hall–Kier alpha value is -3.20. The quantitative estimate of drug-likeness (QED) is 0.827. The van der Waals surface area contributed by atoms with Crippen molar-refractivity contribution in [2.75, 3.05) is 5.32 Å². The van der Waals surface area contributed by atoms with Crippen LogP contribution in [0.15, 0.2) is 48.8 Å². The summed E-state index contributed by atoms with van der Waals surface area (Å²) in [5, 5.41) is 11.5. The number of nitrogens with zero attached hydrogens (tertiary/aromatic N) is 2. The van der Waals surface area contributed by atoms with E-state index in [9.17, 15) is 9.59 Å². The van der Waals surface area contributed by atoms with Gasteiger partial charge in [-0.25, -0.2) is 0 Å². The number of rotatable bonds is 4. The molecule has 110 valence electrons. The van der Waals surface area contributed by atoms with E-state index in [1.54, 1.807) is 54.1 Å². The van der Waals surface area contributed by atoms with Gasteiger partial charge in [0.15, 0.2) is 12.4 Å². The highest BCUT2D eigenvalue weighted by atomic mass is 16.2. The molecule has 1 aromatic carbocycles. The second kappa shape index (κ2) is 6.50. The first-order chi connectivity index (χ1) is 10.5. The molecule has 22 heavy (non-hydrogen) atoms. The van der Waals surface area contributed by atoms with E-state index in [2.05, 4.69) is 5.32 Å². The average molecular weight is 295 g/mol. The number of primary amides is 1. The fraction of sp³-hybridized carbons (Fsp3) is 0.125. The minimum atomic E-state index is -0.547. The van der Waals surface area contributed by atoms with E-state index in [-0.39, 0.29) is 5.91 Å². The van der Waals surface area contributed by atoms with Crippen molar-refractivity contribution in [3.05, 3.63) is 59.9 Å². The zero-order valence-electron chi connectivity index (χ0n) is 12.0. The summed E-state index contributed by atoms with van der Waals surface area (Å²) in [6, 6.07) is 11.3. The SMILES string of the molecule is C[C@@H](C(=O)Nc1ccc(C#N)cc1)[n+]1cccc(C(N)=O)c1. The number of benzene rings is 1. The van der Waals surface area contributed by atoms with E-state index in [1.807, 2.05) is 6.07 Å². The Balaban J connectivity index is 2.13. The van der Waals surface area contributed by atoms with Crippen LogP contribution in [0.3, 0.4) is 0 Å². The molecule has 0 aliphatic heterocycles. The first-order valence-electron chi connectivity index (χ1n) is 6.63. The lowest BCUT2D eigenvalue weighted by molar-refractivity contribution is -0.705. The van der Waals surface area contributed by atoms with E-state index in [1.165, 1.54) is 6.20 Å². The molecule has 0 spiro atoms. The summed E-state index contributed by atoms with van der Waals surface area (Å²) >= 11 is 0. The number of hydrogen-bond acceptors (Lipinski definition) is 3. The summed E-state index contributed by atoms with van der Waals surface area (Å²) in [6.07, 6.45) is 3.22. The van der Waals surface area contributed by atoms with Gasteiger partial charge in [-0.1, -0.05) is 0 Å². The van der Waals surface area contributed by atoms with Gasteiger partial charge in [0, 0.05) is 18.7 Å². The van der Waals surface area contributed by atoms with Gasteiger partial charge in [-0.2, -0.15) is 9.83 Å². The van der Waals surface area contributed by atoms with Crippen molar-refractivity contribution in [1.29, 1.82) is 5.26 Å². The number of aromatic nitrogens is 1. The van der Waals surface area contributed by atoms with Crippen LogP contribution in [0.2, 0.25) is 0 Å². The fourth-order valence-electron chi connectivity index (χ4n) is 1.89. The largest absolute Gasteiger partial charge is 0.365 e. The first-order valence-corrected chi connectivity index (χ1v) is 6.63. The Morgan fingerprint density at radius 2 is 1.95 bits per heavy atom. The number of nitrogens with two attached hydrogens (primary N) is 1. The Morgan fingerprint density at radius 1 is 1.27 bits per heavy atom. The van der Waals surface area contributed by atoms with Crippen LogP contribution < -0.4 is 15.6 Å². The highest BCUT2D eigenvalue weighted by Crippen LogP contribution is 2.10. The van der Waals surface area contributed by atoms with Gasteiger partial charge in [0.05, 0.1) is 11.6 Å². The third kappa shape index (κ3) is 3.46. The summed E-state index contributed by atoms with van der Waals surface area (Å²) in [5.74, 6) is -0.787. The van der Waals surface area contributed by atoms with Crippen LogP contribution in [-0.2, 0) is 4.79 Å². The summed E-state index contributed by atoms with van der Waals surface area (Å²) in [4.78, 5) is 23.4. The van der Waals surface area contributed by atoms with Gasteiger partial charge in [0.2, 0.25) is 6.04 Å². The monoisotopic (exact) mass is 295 g/mol. The Labute approximate surface area is 127 Å². The molecule has 0 radical (unpaired) electrons. The van der Waals surface area contributed by atoms with Gasteiger partial charge in [0.1, 0.15) is 5.56 Å². The summed E-state index contributed by atoms with van der Waals surface area (Å²) < 4.78 is 1.61. The minimum absolute atomic E-state index is 0.240. The fourth-order valence-corrected chi connectivity index (χ4v) is 1.89. The molecule has 2 rings (SSSR count). The van der Waals surface area contributed by atoms with Crippen molar-refractivity contribution in [2.24, 2.45) is 5.73 Å². The Kier molecular flexibility index (Phi) is 4.49. The number of pyridine rings is 1. The molecule has 0 unspecified atom stereocenters. The number of hydrogen-bond donors (Lipinski definition) is 2. The molecule has 6 heteroatoms. The van der Waals surface area contributed by atoms with Gasteiger partial charge in [-0.05, 0) is 30.3 Å². The van der Waals surface area contributed by atoms with Crippen molar-refractivity contribution >= 4 is 17.5 Å². The number of nitrogens with one attached hydrogen (secondary N) is 1. The first kappa shape index (κ1) is 15.2. The molecule has 0 bridgehead atoms. The lowest BCUT2D eigenvalue weighted by Crippen LogP contribution is -2.44. The maximum atomic E-state index is 12.2. The second-order valence-corrected chi connectivity index (χ2v) is 4.76. The number of anilines is 1. The zero-order valence-corrected chi connectivity index (χ0v) is 12.0. The molecule has 2 aromatic rings. The second-order valence-electron chi connectivity index (χ2n) is 4.76. The third-order valence-electron chi connectivity index (χ3n) is 3.21. The predicted octanol–water partition coefficient (Wildman–Crippen LogP) is 1.14. The standard InChI is InChI=1S/C16H14N4O2/c1-11(20-8-2-3-13(10-20)15(18)21)16(22)19-14-6-4-12(9-17)5-7-14/h2-8,10-11H,1H3,(H2-,18,19,21,22)/p+1/t11-/m0/s1. The van der Waals surface area contributed by atoms with Crippen LogP contribution in [0.25, 0.3) is 0 Å². The van der Waals surface area contributed by atoms with Crippen molar-refractivity contribution in [1.82, 2.24) is 0 Å². The highest BCUT2D eigenvalue weighted by Gasteiger charge is 2.22. The number of carbonyl (C=O) groups is 2. The smallest absolute Gasteiger partial charge is 0.293 e.